The first kappa shape index (κ1) is 11.6. The maximum absolute atomic E-state index is 6.36. The summed E-state index contributed by atoms with van der Waals surface area (Å²) in [5, 5.41) is 0. The van der Waals surface area contributed by atoms with Crippen LogP contribution in [-0.4, -0.2) is 29.0 Å². The van der Waals surface area contributed by atoms with Crippen LogP contribution in [0.25, 0.3) is 0 Å². The van der Waals surface area contributed by atoms with Crippen LogP contribution in [0.15, 0.2) is 24.5 Å². The Morgan fingerprint density at radius 2 is 1.94 bits per heavy atom. The average molecular weight is 219 g/mol. The Balaban J connectivity index is 1.86. The molecule has 1 heterocycles. The van der Waals surface area contributed by atoms with Crippen molar-refractivity contribution in [2.75, 3.05) is 13.6 Å². The molecule has 1 aliphatic rings. The van der Waals surface area contributed by atoms with Gasteiger partial charge in [0, 0.05) is 31.0 Å². The highest BCUT2D eigenvalue weighted by Crippen LogP contribution is 2.27. The highest BCUT2D eigenvalue weighted by molar-refractivity contribution is 5.09. The molecule has 16 heavy (non-hydrogen) atoms. The zero-order valence-corrected chi connectivity index (χ0v) is 10.0. The minimum atomic E-state index is 0.0573. The van der Waals surface area contributed by atoms with E-state index in [0.29, 0.717) is 0 Å². The number of hydrogen-bond acceptors (Lipinski definition) is 3. The maximum atomic E-state index is 6.36. The van der Waals surface area contributed by atoms with Crippen LogP contribution in [0.1, 0.15) is 31.2 Å². The lowest BCUT2D eigenvalue weighted by atomic mass is 9.98. The minimum absolute atomic E-state index is 0.0573. The molecule has 2 N–H and O–H groups in total. The lowest BCUT2D eigenvalue weighted by Crippen LogP contribution is -2.46. The van der Waals surface area contributed by atoms with Crippen molar-refractivity contribution in [3.8, 4) is 0 Å². The van der Waals surface area contributed by atoms with Crippen LogP contribution in [-0.2, 0) is 6.54 Å². The summed E-state index contributed by atoms with van der Waals surface area (Å²) in [4.78, 5) is 6.35. The topological polar surface area (TPSA) is 42.2 Å². The van der Waals surface area contributed by atoms with Crippen molar-refractivity contribution in [2.45, 2.75) is 37.8 Å². The number of rotatable bonds is 4. The SMILES string of the molecule is CN(Cc1ccncc1)CC1(N)CCCC1. The number of likely N-dealkylation sites (N-methyl/N-ethyl adjacent to an activating group) is 1. The quantitative estimate of drug-likeness (QED) is 0.839. The van der Waals surface area contributed by atoms with Crippen LogP contribution in [0, 0.1) is 0 Å². The van der Waals surface area contributed by atoms with Gasteiger partial charge in [-0.15, -0.1) is 0 Å². The Labute approximate surface area is 97.7 Å². The first-order valence-corrected chi connectivity index (χ1v) is 6.04. The van der Waals surface area contributed by atoms with Crippen molar-refractivity contribution in [3.05, 3.63) is 30.1 Å². The molecule has 0 radical (unpaired) electrons. The van der Waals surface area contributed by atoms with Gasteiger partial charge < -0.3 is 10.6 Å². The lowest BCUT2D eigenvalue weighted by Gasteiger charge is -2.29. The Kier molecular flexibility index (Phi) is 3.56. The largest absolute Gasteiger partial charge is 0.324 e. The van der Waals surface area contributed by atoms with Gasteiger partial charge in [0.05, 0.1) is 0 Å². The molecule has 1 aromatic rings. The molecule has 0 saturated heterocycles. The average Bonchev–Trinajstić information content (AvgIpc) is 2.66. The summed E-state index contributed by atoms with van der Waals surface area (Å²) >= 11 is 0. The smallest absolute Gasteiger partial charge is 0.0283 e. The molecule has 1 fully saturated rings. The molecular formula is C13H21N3. The lowest BCUT2D eigenvalue weighted by molar-refractivity contribution is 0.241. The second-order valence-corrected chi connectivity index (χ2v) is 5.10. The van der Waals surface area contributed by atoms with Gasteiger partial charge in [0.2, 0.25) is 0 Å². The van der Waals surface area contributed by atoms with Crippen LogP contribution in [0.5, 0.6) is 0 Å². The number of pyridine rings is 1. The molecular weight excluding hydrogens is 198 g/mol. The monoisotopic (exact) mass is 219 g/mol. The minimum Gasteiger partial charge on any atom is -0.324 e. The van der Waals surface area contributed by atoms with Gasteiger partial charge >= 0.3 is 0 Å². The number of nitrogens with zero attached hydrogens (tertiary/aromatic N) is 2. The van der Waals surface area contributed by atoms with E-state index >= 15 is 0 Å². The van der Waals surface area contributed by atoms with Crippen LogP contribution in [0.4, 0.5) is 0 Å². The molecule has 1 aliphatic carbocycles. The summed E-state index contributed by atoms with van der Waals surface area (Å²) in [6.07, 6.45) is 8.62. The Bertz CT molecular complexity index is 317. The molecule has 0 bridgehead atoms. The molecule has 0 aromatic carbocycles. The molecule has 3 heteroatoms. The highest BCUT2D eigenvalue weighted by atomic mass is 15.1. The second-order valence-electron chi connectivity index (χ2n) is 5.10. The predicted octanol–water partition coefficient (Wildman–Crippen LogP) is 1.78. The van der Waals surface area contributed by atoms with Crippen LogP contribution in [0.2, 0.25) is 0 Å². The van der Waals surface area contributed by atoms with E-state index in [2.05, 4.69) is 29.1 Å². The van der Waals surface area contributed by atoms with Gasteiger partial charge in [-0.05, 0) is 37.6 Å². The van der Waals surface area contributed by atoms with Gasteiger partial charge in [-0.1, -0.05) is 12.8 Å². The van der Waals surface area contributed by atoms with Crippen molar-refractivity contribution in [1.82, 2.24) is 9.88 Å². The summed E-state index contributed by atoms with van der Waals surface area (Å²) in [6, 6.07) is 4.13. The number of nitrogens with two attached hydrogens (primary N) is 1. The zero-order chi connectivity index (χ0) is 11.4. The van der Waals surface area contributed by atoms with Crippen LogP contribution >= 0.6 is 0 Å². The van der Waals surface area contributed by atoms with Crippen molar-refractivity contribution in [2.24, 2.45) is 5.73 Å². The summed E-state index contributed by atoms with van der Waals surface area (Å²) in [7, 11) is 2.15. The maximum Gasteiger partial charge on any atom is 0.0283 e. The molecule has 2 rings (SSSR count). The standard InChI is InChI=1S/C13H21N3/c1-16(10-12-4-8-15-9-5-12)11-13(14)6-2-3-7-13/h4-5,8-9H,2-3,6-7,10-11,14H2,1H3. The molecule has 1 saturated carbocycles. The van der Waals surface area contributed by atoms with Gasteiger partial charge in [-0.25, -0.2) is 0 Å². The third-order valence-corrected chi connectivity index (χ3v) is 3.39. The van der Waals surface area contributed by atoms with E-state index in [0.717, 1.165) is 13.1 Å². The Hall–Kier alpha value is -0.930. The van der Waals surface area contributed by atoms with Crippen molar-refractivity contribution in [3.63, 3.8) is 0 Å². The van der Waals surface area contributed by atoms with E-state index in [-0.39, 0.29) is 5.54 Å². The molecule has 0 amide bonds. The third kappa shape index (κ3) is 3.03. The van der Waals surface area contributed by atoms with Gasteiger partial charge in [-0.3, -0.25) is 4.98 Å². The van der Waals surface area contributed by atoms with Gasteiger partial charge in [-0.2, -0.15) is 0 Å². The fourth-order valence-corrected chi connectivity index (χ4v) is 2.63. The normalized spacial score (nSPS) is 19.2. The van der Waals surface area contributed by atoms with E-state index in [1.54, 1.807) is 0 Å². The molecule has 0 unspecified atom stereocenters. The van der Waals surface area contributed by atoms with Gasteiger partial charge in [0.1, 0.15) is 0 Å². The van der Waals surface area contributed by atoms with E-state index in [4.69, 9.17) is 5.73 Å². The van der Waals surface area contributed by atoms with E-state index in [9.17, 15) is 0 Å². The molecule has 0 spiro atoms. The summed E-state index contributed by atoms with van der Waals surface area (Å²) in [5.74, 6) is 0. The molecule has 88 valence electrons. The Morgan fingerprint density at radius 3 is 2.56 bits per heavy atom. The van der Waals surface area contributed by atoms with E-state index in [1.807, 2.05) is 12.4 Å². The second kappa shape index (κ2) is 4.93. The first-order valence-electron chi connectivity index (χ1n) is 6.04. The summed E-state index contributed by atoms with van der Waals surface area (Å²) in [5.41, 5.74) is 7.72. The van der Waals surface area contributed by atoms with Crippen molar-refractivity contribution >= 4 is 0 Å². The molecule has 0 atom stereocenters. The van der Waals surface area contributed by atoms with E-state index < -0.39 is 0 Å². The third-order valence-electron chi connectivity index (χ3n) is 3.39. The molecule has 3 nitrogen and oxygen atoms in total. The summed E-state index contributed by atoms with van der Waals surface area (Å²) in [6.45, 7) is 1.96. The van der Waals surface area contributed by atoms with Crippen molar-refractivity contribution in [1.29, 1.82) is 0 Å². The number of hydrogen-bond donors (Lipinski definition) is 1. The number of aromatic nitrogens is 1. The molecule has 0 aliphatic heterocycles. The van der Waals surface area contributed by atoms with Gasteiger partial charge in [0.15, 0.2) is 0 Å². The molecule has 1 aromatic heterocycles. The zero-order valence-electron chi connectivity index (χ0n) is 10.0. The fourth-order valence-electron chi connectivity index (χ4n) is 2.63. The Morgan fingerprint density at radius 1 is 1.31 bits per heavy atom. The first-order chi connectivity index (χ1) is 7.68. The summed E-state index contributed by atoms with van der Waals surface area (Å²) < 4.78 is 0. The van der Waals surface area contributed by atoms with Gasteiger partial charge in [0.25, 0.3) is 0 Å². The predicted molar refractivity (Wildman–Crippen MR) is 66.0 cm³/mol. The highest BCUT2D eigenvalue weighted by Gasteiger charge is 2.30. The fraction of sp³-hybridized carbons (Fsp3) is 0.615. The van der Waals surface area contributed by atoms with E-state index in [1.165, 1.54) is 31.2 Å². The van der Waals surface area contributed by atoms with Crippen LogP contribution in [0.3, 0.4) is 0 Å². The van der Waals surface area contributed by atoms with Crippen molar-refractivity contribution < 1.29 is 0 Å². The van der Waals surface area contributed by atoms with Crippen LogP contribution < -0.4 is 5.73 Å².